The Kier molecular flexibility index (Phi) is 5.50. The maximum atomic E-state index is 12.8. The van der Waals surface area contributed by atoms with Gasteiger partial charge in [-0.25, -0.2) is 0 Å². The number of carbonyl (C=O) groups excluding carboxylic acids is 1. The number of hydrogen-bond acceptors (Lipinski definition) is 2. The van der Waals surface area contributed by atoms with Gasteiger partial charge in [0.1, 0.15) is 0 Å². The first kappa shape index (κ1) is 17.1. The molecule has 2 aromatic carbocycles. The smallest absolute Gasteiger partial charge is 0.384 e. The minimum absolute atomic E-state index is 0.0265. The summed E-state index contributed by atoms with van der Waals surface area (Å²) >= 11 is 5.83. The highest BCUT2D eigenvalue weighted by Crippen LogP contribution is 2.34. The zero-order valence-electron chi connectivity index (χ0n) is 12.0. The zero-order chi connectivity index (χ0) is 16.9. The van der Waals surface area contributed by atoms with E-state index in [1.165, 1.54) is 18.2 Å². The monoisotopic (exact) mass is 342 g/mol. The number of amides is 1. The summed E-state index contributed by atoms with van der Waals surface area (Å²) in [5.74, 6) is -0.503. The van der Waals surface area contributed by atoms with Crippen LogP contribution in [-0.4, -0.2) is 12.5 Å². The van der Waals surface area contributed by atoms with Crippen molar-refractivity contribution in [1.29, 1.82) is 0 Å². The highest BCUT2D eigenvalue weighted by Gasteiger charge is 2.33. The molecule has 0 saturated carbocycles. The Morgan fingerprint density at radius 1 is 1.09 bits per heavy atom. The fourth-order valence-corrected chi connectivity index (χ4v) is 2.16. The second-order valence-corrected chi connectivity index (χ2v) is 5.22. The Labute approximate surface area is 136 Å². The minimum atomic E-state index is -4.51. The molecule has 0 aromatic heterocycles. The van der Waals surface area contributed by atoms with Crippen molar-refractivity contribution >= 4 is 28.9 Å². The molecule has 0 aliphatic rings. The maximum Gasteiger partial charge on any atom is 0.418 e. The van der Waals surface area contributed by atoms with Crippen molar-refractivity contribution in [3.05, 3.63) is 59.1 Å². The molecule has 3 nitrogen and oxygen atoms in total. The van der Waals surface area contributed by atoms with Crippen molar-refractivity contribution in [1.82, 2.24) is 0 Å². The quantitative estimate of drug-likeness (QED) is 0.819. The van der Waals surface area contributed by atoms with Crippen LogP contribution in [0.4, 0.5) is 24.5 Å². The van der Waals surface area contributed by atoms with Crippen LogP contribution in [0.1, 0.15) is 12.0 Å². The normalized spacial score (nSPS) is 11.1. The van der Waals surface area contributed by atoms with Crippen LogP contribution in [0.25, 0.3) is 0 Å². The Balaban J connectivity index is 1.91. The lowest BCUT2D eigenvalue weighted by molar-refractivity contribution is -0.137. The molecule has 23 heavy (non-hydrogen) atoms. The van der Waals surface area contributed by atoms with Gasteiger partial charge in [-0.15, -0.1) is 0 Å². The molecule has 0 atom stereocenters. The molecule has 0 heterocycles. The molecule has 122 valence electrons. The molecule has 1 amide bonds. The second-order valence-electron chi connectivity index (χ2n) is 4.78. The summed E-state index contributed by atoms with van der Waals surface area (Å²) < 4.78 is 38.5. The largest absolute Gasteiger partial charge is 0.418 e. The van der Waals surface area contributed by atoms with E-state index in [4.69, 9.17) is 11.6 Å². The molecule has 0 aliphatic heterocycles. The third-order valence-corrected chi connectivity index (χ3v) is 3.25. The lowest BCUT2D eigenvalue weighted by atomic mass is 10.1. The molecule has 0 unspecified atom stereocenters. The molecule has 0 bridgehead atoms. The summed E-state index contributed by atoms with van der Waals surface area (Å²) in [5, 5.41) is 5.82. The van der Waals surface area contributed by atoms with E-state index in [1.54, 1.807) is 24.3 Å². The minimum Gasteiger partial charge on any atom is -0.384 e. The molecule has 0 aliphatic carbocycles. The van der Waals surface area contributed by atoms with Crippen LogP contribution in [-0.2, 0) is 11.0 Å². The highest BCUT2D eigenvalue weighted by molar-refractivity contribution is 6.30. The summed E-state index contributed by atoms with van der Waals surface area (Å²) in [4.78, 5) is 11.8. The van der Waals surface area contributed by atoms with E-state index < -0.39 is 17.6 Å². The predicted molar refractivity (Wildman–Crippen MR) is 84.6 cm³/mol. The number of anilines is 2. The van der Waals surface area contributed by atoms with E-state index >= 15 is 0 Å². The van der Waals surface area contributed by atoms with Crippen LogP contribution >= 0.6 is 11.6 Å². The van der Waals surface area contributed by atoms with Crippen molar-refractivity contribution in [3.8, 4) is 0 Å². The average Bonchev–Trinajstić information content (AvgIpc) is 2.47. The number of hydrogen-bond donors (Lipinski definition) is 2. The summed E-state index contributed by atoms with van der Waals surface area (Å²) in [6.45, 7) is 0.278. The van der Waals surface area contributed by atoms with Gasteiger partial charge in [0.25, 0.3) is 0 Å². The molecule has 2 N–H and O–H groups in total. The number of carbonyl (C=O) groups is 1. The fraction of sp³-hybridized carbons (Fsp3) is 0.188. The maximum absolute atomic E-state index is 12.8. The lowest BCUT2D eigenvalue weighted by Gasteiger charge is -2.13. The summed E-state index contributed by atoms with van der Waals surface area (Å²) in [5.41, 5.74) is -0.370. The van der Waals surface area contributed by atoms with Gasteiger partial charge in [0, 0.05) is 23.7 Å². The number of nitrogens with one attached hydrogen (secondary N) is 2. The van der Waals surface area contributed by atoms with E-state index in [9.17, 15) is 18.0 Å². The average molecular weight is 343 g/mol. The van der Waals surface area contributed by atoms with Gasteiger partial charge < -0.3 is 10.6 Å². The van der Waals surface area contributed by atoms with E-state index in [-0.39, 0.29) is 18.7 Å². The van der Waals surface area contributed by atoms with Crippen molar-refractivity contribution in [2.75, 3.05) is 17.2 Å². The second kappa shape index (κ2) is 7.37. The topological polar surface area (TPSA) is 41.1 Å². The Morgan fingerprint density at radius 2 is 1.83 bits per heavy atom. The Hall–Kier alpha value is -2.21. The standard InChI is InChI=1S/C16H14ClF3N2O/c17-11-4-3-5-12(10-11)21-9-8-15(23)22-14-7-2-1-6-13(14)16(18,19)20/h1-7,10,21H,8-9H2,(H,22,23). The van der Waals surface area contributed by atoms with Gasteiger partial charge >= 0.3 is 6.18 Å². The van der Waals surface area contributed by atoms with Gasteiger partial charge in [0.2, 0.25) is 5.91 Å². The van der Waals surface area contributed by atoms with Gasteiger partial charge in [0.15, 0.2) is 0 Å². The van der Waals surface area contributed by atoms with Crippen molar-refractivity contribution in [2.24, 2.45) is 0 Å². The van der Waals surface area contributed by atoms with E-state index in [0.29, 0.717) is 5.02 Å². The predicted octanol–water partition coefficient (Wildman–Crippen LogP) is 4.80. The Bertz CT molecular complexity index is 689. The van der Waals surface area contributed by atoms with Crippen molar-refractivity contribution in [2.45, 2.75) is 12.6 Å². The van der Waals surface area contributed by atoms with E-state index in [1.807, 2.05) is 0 Å². The molecule has 7 heteroatoms. The van der Waals surface area contributed by atoms with Crippen LogP contribution in [0.2, 0.25) is 5.02 Å². The third kappa shape index (κ3) is 5.17. The number of para-hydroxylation sites is 1. The number of halogens is 4. The van der Waals surface area contributed by atoms with Crippen LogP contribution < -0.4 is 10.6 Å². The van der Waals surface area contributed by atoms with Crippen LogP contribution in [0.5, 0.6) is 0 Å². The number of benzene rings is 2. The highest BCUT2D eigenvalue weighted by atomic mass is 35.5. The molecule has 2 aromatic rings. The molecule has 0 saturated heterocycles. The van der Waals surface area contributed by atoms with Gasteiger partial charge in [-0.3, -0.25) is 4.79 Å². The van der Waals surface area contributed by atoms with Gasteiger partial charge in [-0.1, -0.05) is 29.8 Å². The first-order valence-corrected chi connectivity index (χ1v) is 7.19. The van der Waals surface area contributed by atoms with E-state index in [0.717, 1.165) is 11.8 Å². The lowest BCUT2D eigenvalue weighted by Crippen LogP contribution is -2.19. The van der Waals surface area contributed by atoms with Crippen LogP contribution in [0.3, 0.4) is 0 Å². The number of rotatable bonds is 5. The van der Waals surface area contributed by atoms with Crippen LogP contribution in [0, 0.1) is 0 Å². The first-order chi connectivity index (χ1) is 10.9. The molecular formula is C16H14ClF3N2O. The van der Waals surface area contributed by atoms with Gasteiger partial charge in [-0.2, -0.15) is 13.2 Å². The molecule has 0 radical (unpaired) electrons. The summed E-state index contributed by atoms with van der Waals surface area (Å²) in [6.07, 6.45) is -4.48. The fourth-order valence-electron chi connectivity index (χ4n) is 1.97. The van der Waals surface area contributed by atoms with Crippen LogP contribution in [0.15, 0.2) is 48.5 Å². The third-order valence-electron chi connectivity index (χ3n) is 3.01. The van der Waals surface area contributed by atoms with E-state index in [2.05, 4.69) is 10.6 Å². The summed E-state index contributed by atoms with van der Waals surface area (Å²) in [7, 11) is 0. The molecule has 2 rings (SSSR count). The molecule has 0 spiro atoms. The zero-order valence-corrected chi connectivity index (χ0v) is 12.7. The van der Waals surface area contributed by atoms with Crippen molar-refractivity contribution < 1.29 is 18.0 Å². The first-order valence-electron chi connectivity index (χ1n) is 6.82. The molecule has 0 fully saturated rings. The van der Waals surface area contributed by atoms with Crippen molar-refractivity contribution in [3.63, 3.8) is 0 Å². The molecular weight excluding hydrogens is 329 g/mol. The van der Waals surface area contributed by atoms with Gasteiger partial charge in [0.05, 0.1) is 11.3 Å². The van der Waals surface area contributed by atoms with Gasteiger partial charge in [-0.05, 0) is 30.3 Å². The number of alkyl halides is 3. The SMILES string of the molecule is O=C(CCNc1cccc(Cl)c1)Nc1ccccc1C(F)(F)F. The summed E-state index contributed by atoms with van der Waals surface area (Å²) in [6, 6.07) is 11.8. The Morgan fingerprint density at radius 3 is 2.52 bits per heavy atom.